The Labute approximate surface area is 253 Å². The number of allylic oxidation sites excluding steroid dienone is 8. The van der Waals surface area contributed by atoms with E-state index in [0.29, 0.717) is 5.92 Å². The predicted octanol–water partition coefficient (Wildman–Crippen LogP) is 11.9. The van der Waals surface area contributed by atoms with Gasteiger partial charge < -0.3 is 8.83 Å². The molecule has 10 rings (SSSR count). The maximum Gasteiger partial charge on any atom is 0.147 e. The summed E-state index contributed by atoms with van der Waals surface area (Å²) in [6, 6.07) is 36.7. The molecule has 206 valence electrons. The number of fused-ring (bicyclic) bond motifs is 9. The Hall–Kier alpha value is -5.60. The zero-order valence-corrected chi connectivity index (χ0v) is 23.9. The maximum atomic E-state index is 6.76. The number of para-hydroxylation sites is 2. The molecule has 1 unspecified atom stereocenters. The first-order valence-electron chi connectivity index (χ1n) is 15.3. The topological polar surface area (TPSA) is 26.3 Å². The lowest BCUT2D eigenvalue weighted by atomic mass is 9.78. The fraction of sp³-hybridized carbons (Fsp3) is 0.0476. The molecule has 2 heterocycles. The first-order valence-corrected chi connectivity index (χ1v) is 15.3. The number of benzene rings is 6. The van der Waals surface area contributed by atoms with Gasteiger partial charge in [-0.3, -0.25) is 0 Å². The molecule has 2 aliphatic carbocycles. The van der Waals surface area contributed by atoms with Crippen molar-refractivity contribution in [2.75, 3.05) is 0 Å². The fourth-order valence-corrected chi connectivity index (χ4v) is 7.69. The second kappa shape index (κ2) is 8.95. The Balaban J connectivity index is 1.44. The molecule has 0 spiro atoms. The third-order valence-corrected chi connectivity index (χ3v) is 9.58. The van der Waals surface area contributed by atoms with Crippen LogP contribution < -0.4 is 0 Å². The molecular formula is C42H26O2. The summed E-state index contributed by atoms with van der Waals surface area (Å²) in [6.45, 7) is 0. The third-order valence-electron chi connectivity index (χ3n) is 9.58. The van der Waals surface area contributed by atoms with E-state index < -0.39 is 0 Å². The van der Waals surface area contributed by atoms with E-state index in [2.05, 4.69) is 127 Å². The van der Waals surface area contributed by atoms with Crippen molar-refractivity contribution in [2.45, 2.75) is 6.42 Å². The number of rotatable bonds is 2. The van der Waals surface area contributed by atoms with Gasteiger partial charge in [-0.25, -0.2) is 0 Å². The van der Waals surface area contributed by atoms with E-state index in [9.17, 15) is 0 Å². The Morgan fingerprint density at radius 1 is 0.477 bits per heavy atom. The molecular weight excluding hydrogens is 536 g/mol. The summed E-state index contributed by atoms with van der Waals surface area (Å²) >= 11 is 0. The van der Waals surface area contributed by atoms with Crippen LogP contribution >= 0.6 is 0 Å². The van der Waals surface area contributed by atoms with Gasteiger partial charge in [0.25, 0.3) is 0 Å². The summed E-state index contributed by atoms with van der Waals surface area (Å²) < 4.78 is 13.5. The molecule has 44 heavy (non-hydrogen) atoms. The highest BCUT2D eigenvalue weighted by Crippen LogP contribution is 2.50. The van der Waals surface area contributed by atoms with Crippen molar-refractivity contribution in [2.24, 2.45) is 5.92 Å². The highest BCUT2D eigenvalue weighted by atomic mass is 16.3. The van der Waals surface area contributed by atoms with E-state index in [1.165, 1.54) is 38.3 Å². The van der Waals surface area contributed by atoms with Crippen molar-refractivity contribution in [3.8, 4) is 11.1 Å². The lowest BCUT2D eigenvalue weighted by Gasteiger charge is -2.25. The largest absolute Gasteiger partial charge is 0.455 e. The number of furan rings is 2. The highest BCUT2D eigenvalue weighted by Gasteiger charge is 2.27. The Morgan fingerprint density at radius 3 is 1.59 bits per heavy atom. The summed E-state index contributed by atoms with van der Waals surface area (Å²) in [5.74, 6) is 0.400. The molecule has 0 saturated heterocycles. The van der Waals surface area contributed by atoms with Crippen LogP contribution in [0.5, 0.6) is 0 Å². The molecule has 0 aliphatic heterocycles. The second-order valence-corrected chi connectivity index (χ2v) is 11.9. The number of hydrogen-bond acceptors (Lipinski definition) is 2. The molecule has 2 aliphatic rings. The van der Waals surface area contributed by atoms with E-state index in [1.54, 1.807) is 0 Å². The van der Waals surface area contributed by atoms with Crippen molar-refractivity contribution in [3.63, 3.8) is 0 Å². The lowest BCUT2D eigenvalue weighted by Crippen LogP contribution is -2.07. The van der Waals surface area contributed by atoms with Gasteiger partial charge >= 0.3 is 0 Å². The molecule has 2 aromatic heterocycles. The van der Waals surface area contributed by atoms with E-state index >= 15 is 0 Å². The molecule has 8 aromatic rings. The molecule has 0 fully saturated rings. The van der Waals surface area contributed by atoms with Gasteiger partial charge in [0, 0.05) is 33.0 Å². The summed E-state index contributed by atoms with van der Waals surface area (Å²) in [6.07, 6.45) is 14.7. The molecule has 0 saturated carbocycles. The van der Waals surface area contributed by atoms with Gasteiger partial charge in [0.05, 0.1) is 5.56 Å². The molecule has 0 amide bonds. The Kier molecular flexibility index (Phi) is 4.86. The first kappa shape index (κ1) is 23.9. The van der Waals surface area contributed by atoms with Crippen LogP contribution in [0, 0.1) is 5.92 Å². The Bertz CT molecular complexity index is 2490. The average molecular weight is 563 g/mol. The van der Waals surface area contributed by atoms with Crippen LogP contribution in [-0.4, -0.2) is 0 Å². The molecule has 0 radical (unpaired) electrons. The smallest absolute Gasteiger partial charge is 0.147 e. The van der Waals surface area contributed by atoms with Crippen LogP contribution in [0.2, 0.25) is 0 Å². The zero-order valence-electron chi connectivity index (χ0n) is 23.9. The molecule has 2 heteroatoms. The van der Waals surface area contributed by atoms with Crippen LogP contribution in [0.15, 0.2) is 154 Å². The minimum absolute atomic E-state index is 0.400. The van der Waals surface area contributed by atoms with Gasteiger partial charge in [-0.1, -0.05) is 121 Å². The number of hydrogen-bond donors (Lipinski definition) is 0. The zero-order chi connectivity index (χ0) is 28.8. The van der Waals surface area contributed by atoms with Crippen molar-refractivity contribution < 1.29 is 8.83 Å². The minimum Gasteiger partial charge on any atom is -0.455 e. The van der Waals surface area contributed by atoms with Crippen molar-refractivity contribution >= 4 is 71.0 Å². The van der Waals surface area contributed by atoms with Gasteiger partial charge in [0.2, 0.25) is 0 Å². The van der Waals surface area contributed by atoms with Crippen molar-refractivity contribution in [3.05, 3.63) is 151 Å². The average Bonchev–Trinajstić information content (AvgIpc) is 3.64. The van der Waals surface area contributed by atoms with E-state index in [4.69, 9.17) is 8.83 Å². The SMILES string of the molecule is C1=CC2=C(c3c4ccccc4c(-c4c5oc6ccccc6c5cc5c4oc4ccccc45)c4ccccc34)C=CCC2C=C1. The monoisotopic (exact) mass is 562 g/mol. The minimum atomic E-state index is 0.400. The predicted molar refractivity (Wildman–Crippen MR) is 184 cm³/mol. The van der Waals surface area contributed by atoms with Crippen molar-refractivity contribution in [1.82, 2.24) is 0 Å². The first-order chi connectivity index (χ1) is 21.8. The van der Waals surface area contributed by atoms with Gasteiger partial charge in [-0.15, -0.1) is 0 Å². The van der Waals surface area contributed by atoms with E-state index in [-0.39, 0.29) is 0 Å². The summed E-state index contributed by atoms with van der Waals surface area (Å²) in [4.78, 5) is 0. The van der Waals surface area contributed by atoms with Crippen LogP contribution in [-0.2, 0) is 0 Å². The standard InChI is InChI=1S/C42H26O2/c1-2-14-26-25(12-1)13-11-21-29(26)38-30-17-3-5-19-32(30)39(33-20-6-4-18-31(33)38)40-41-34(27-15-7-9-22-36(27)43-41)24-35-28-16-8-10-23-37(28)44-42(35)40/h1-12,14-25H,13H2. The molecule has 6 aromatic carbocycles. The van der Waals surface area contributed by atoms with Crippen LogP contribution in [0.1, 0.15) is 12.0 Å². The maximum absolute atomic E-state index is 6.76. The van der Waals surface area contributed by atoms with Crippen LogP contribution in [0.4, 0.5) is 0 Å². The fourth-order valence-electron chi connectivity index (χ4n) is 7.69. The van der Waals surface area contributed by atoms with Crippen LogP contribution in [0.25, 0.3) is 82.1 Å². The lowest BCUT2D eigenvalue weighted by molar-refractivity contribution is 0.658. The second-order valence-electron chi connectivity index (χ2n) is 11.9. The Morgan fingerprint density at radius 2 is 1.00 bits per heavy atom. The highest BCUT2D eigenvalue weighted by molar-refractivity contribution is 6.29. The molecule has 1 atom stereocenters. The van der Waals surface area contributed by atoms with Gasteiger partial charge in [-0.05, 0) is 62.9 Å². The normalized spacial score (nSPS) is 16.4. The van der Waals surface area contributed by atoms with Gasteiger partial charge in [0.1, 0.15) is 22.3 Å². The summed E-state index contributed by atoms with van der Waals surface area (Å²) in [5, 5.41) is 9.28. The van der Waals surface area contributed by atoms with Crippen LogP contribution in [0.3, 0.4) is 0 Å². The summed E-state index contributed by atoms with van der Waals surface area (Å²) in [5.41, 5.74) is 9.62. The van der Waals surface area contributed by atoms with E-state index in [0.717, 1.165) is 61.4 Å². The van der Waals surface area contributed by atoms with Gasteiger partial charge in [-0.2, -0.15) is 0 Å². The van der Waals surface area contributed by atoms with Gasteiger partial charge in [0.15, 0.2) is 0 Å². The molecule has 2 nitrogen and oxygen atoms in total. The molecule has 0 bridgehead atoms. The third kappa shape index (κ3) is 3.20. The quantitative estimate of drug-likeness (QED) is 0.196. The van der Waals surface area contributed by atoms with Crippen molar-refractivity contribution in [1.29, 1.82) is 0 Å². The molecule has 0 N–H and O–H groups in total. The van der Waals surface area contributed by atoms with E-state index in [1.807, 2.05) is 12.1 Å². The summed E-state index contributed by atoms with van der Waals surface area (Å²) in [7, 11) is 0.